The summed E-state index contributed by atoms with van der Waals surface area (Å²) >= 11 is 0. The molecule has 0 radical (unpaired) electrons. The molecular weight excluding hydrogens is 226 g/mol. The molecule has 2 rings (SSSR count). The van der Waals surface area contributed by atoms with Gasteiger partial charge in [0.25, 0.3) is 0 Å². The first kappa shape index (κ1) is 11.3. The Morgan fingerprint density at radius 2 is 1.65 bits per heavy atom. The molecule has 0 aliphatic carbocycles. The highest BCUT2D eigenvalue weighted by Gasteiger charge is 2.06. The van der Waals surface area contributed by atoms with Gasteiger partial charge in [-0.2, -0.15) is 0 Å². The Labute approximate surface area is 96.5 Å². The van der Waals surface area contributed by atoms with Crippen LogP contribution in [-0.4, -0.2) is 6.29 Å². The highest BCUT2D eigenvalue weighted by atomic mass is 19.1. The van der Waals surface area contributed by atoms with Crippen molar-refractivity contribution in [3.05, 3.63) is 59.7 Å². The van der Waals surface area contributed by atoms with Crippen molar-refractivity contribution < 1.29 is 18.3 Å². The summed E-state index contributed by atoms with van der Waals surface area (Å²) < 4.78 is 31.1. The van der Waals surface area contributed by atoms with Gasteiger partial charge in [0.05, 0.1) is 5.56 Å². The third-order valence-corrected chi connectivity index (χ3v) is 2.11. The van der Waals surface area contributed by atoms with Gasteiger partial charge in [-0.3, -0.25) is 4.79 Å². The lowest BCUT2D eigenvalue weighted by atomic mass is 10.2. The lowest BCUT2D eigenvalue weighted by Crippen LogP contribution is -1.91. The summed E-state index contributed by atoms with van der Waals surface area (Å²) in [7, 11) is 0. The van der Waals surface area contributed by atoms with Crippen molar-refractivity contribution in [2.75, 3.05) is 0 Å². The van der Waals surface area contributed by atoms with Crippen LogP contribution in [0, 0.1) is 11.6 Å². The predicted molar refractivity (Wildman–Crippen MR) is 58.3 cm³/mol. The van der Waals surface area contributed by atoms with E-state index in [1.165, 1.54) is 0 Å². The summed E-state index contributed by atoms with van der Waals surface area (Å²) in [5.74, 6) is -1.20. The number of ether oxygens (including phenoxy) is 1. The minimum atomic E-state index is -0.733. The molecule has 0 unspecified atom stereocenters. The maximum atomic E-state index is 12.9. The Morgan fingerprint density at radius 3 is 2.29 bits per heavy atom. The van der Waals surface area contributed by atoms with Crippen LogP contribution >= 0.6 is 0 Å². The van der Waals surface area contributed by atoms with Crippen molar-refractivity contribution >= 4 is 6.29 Å². The first-order valence-electron chi connectivity index (χ1n) is 4.87. The topological polar surface area (TPSA) is 26.3 Å². The number of hydrogen-bond donors (Lipinski definition) is 0. The first-order valence-corrected chi connectivity index (χ1v) is 4.87. The van der Waals surface area contributed by atoms with Gasteiger partial charge >= 0.3 is 0 Å². The molecule has 2 aromatic carbocycles. The fourth-order valence-corrected chi connectivity index (χ4v) is 1.39. The number of carbonyl (C=O) groups is 1. The van der Waals surface area contributed by atoms with Crippen LogP contribution in [0.1, 0.15) is 10.4 Å². The number of hydrogen-bond acceptors (Lipinski definition) is 2. The first-order chi connectivity index (χ1) is 8.19. The lowest BCUT2D eigenvalue weighted by molar-refractivity contribution is 0.112. The van der Waals surface area contributed by atoms with Gasteiger partial charge in [-0.25, -0.2) is 8.78 Å². The summed E-state index contributed by atoms with van der Waals surface area (Å²) in [6.45, 7) is 0. The van der Waals surface area contributed by atoms with Crippen molar-refractivity contribution in [2.24, 2.45) is 0 Å². The molecule has 0 heterocycles. The van der Waals surface area contributed by atoms with Gasteiger partial charge < -0.3 is 4.74 Å². The number of rotatable bonds is 3. The smallest absolute Gasteiger partial charge is 0.153 e. The van der Waals surface area contributed by atoms with E-state index in [1.54, 1.807) is 24.3 Å². The number of benzene rings is 2. The fourth-order valence-electron chi connectivity index (χ4n) is 1.39. The molecule has 0 aromatic heterocycles. The van der Waals surface area contributed by atoms with Crippen molar-refractivity contribution in [3.8, 4) is 11.5 Å². The largest absolute Gasteiger partial charge is 0.456 e. The second-order valence-electron chi connectivity index (χ2n) is 3.36. The maximum Gasteiger partial charge on any atom is 0.153 e. The van der Waals surface area contributed by atoms with E-state index in [9.17, 15) is 13.6 Å². The molecule has 0 fully saturated rings. The Hall–Kier alpha value is -2.23. The molecule has 0 atom stereocenters. The zero-order valence-electron chi connectivity index (χ0n) is 8.69. The highest BCUT2D eigenvalue weighted by molar-refractivity contribution is 5.79. The molecule has 17 heavy (non-hydrogen) atoms. The third-order valence-electron chi connectivity index (χ3n) is 2.11. The minimum absolute atomic E-state index is 0.0109. The van der Waals surface area contributed by atoms with E-state index in [0.29, 0.717) is 11.8 Å². The van der Waals surface area contributed by atoms with Crippen molar-refractivity contribution in [1.29, 1.82) is 0 Å². The molecule has 86 valence electrons. The third kappa shape index (κ3) is 2.66. The average Bonchev–Trinajstić information content (AvgIpc) is 2.28. The van der Waals surface area contributed by atoms with Gasteiger partial charge in [0.1, 0.15) is 23.1 Å². The molecule has 0 amide bonds. The van der Waals surface area contributed by atoms with Crippen LogP contribution in [0.15, 0.2) is 42.5 Å². The number of halogens is 2. The van der Waals surface area contributed by atoms with Gasteiger partial charge in [0.2, 0.25) is 0 Å². The summed E-state index contributed by atoms with van der Waals surface area (Å²) in [5, 5.41) is 0. The fraction of sp³-hybridized carbons (Fsp3) is 0. The predicted octanol–water partition coefficient (Wildman–Crippen LogP) is 3.57. The van der Waals surface area contributed by atoms with E-state index in [1.807, 2.05) is 0 Å². The van der Waals surface area contributed by atoms with Gasteiger partial charge in [-0.1, -0.05) is 12.1 Å². The van der Waals surface area contributed by atoms with E-state index in [-0.39, 0.29) is 11.5 Å². The molecule has 0 saturated heterocycles. The molecule has 0 aliphatic heterocycles. The molecule has 0 saturated carbocycles. The van der Waals surface area contributed by atoms with Gasteiger partial charge in [0, 0.05) is 18.2 Å². The Morgan fingerprint density at radius 1 is 1.00 bits per heavy atom. The van der Waals surface area contributed by atoms with E-state index >= 15 is 0 Å². The van der Waals surface area contributed by atoms with Gasteiger partial charge in [0.15, 0.2) is 6.29 Å². The van der Waals surface area contributed by atoms with E-state index in [2.05, 4.69) is 0 Å². The lowest BCUT2D eigenvalue weighted by Gasteiger charge is -2.07. The minimum Gasteiger partial charge on any atom is -0.456 e. The Kier molecular flexibility index (Phi) is 3.14. The summed E-state index contributed by atoms with van der Waals surface area (Å²) in [6, 6.07) is 9.28. The molecule has 2 aromatic rings. The second kappa shape index (κ2) is 4.74. The van der Waals surface area contributed by atoms with Crippen LogP contribution in [0.5, 0.6) is 11.5 Å². The molecule has 2 nitrogen and oxygen atoms in total. The number of aldehydes is 1. The molecule has 0 spiro atoms. The Balaban J connectivity index is 2.34. The Bertz CT molecular complexity index is 533. The van der Waals surface area contributed by atoms with Gasteiger partial charge in [-0.05, 0) is 12.1 Å². The second-order valence-corrected chi connectivity index (χ2v) is 3.36. The molecule has 4 heteroatoms. The number of carbonyl (C=O) groups excluding carboxylic acids is 1. The molecular formula is C13H8F2O2. The monoisotopic (exact) mass is 234 g/mol. The molecule has 0 bridgehead atoms. The highest BCUT2D eigenvalue weighted by Crippen LogP contribution is 2.25. The van der Waals surface area contributed by atoms with Crippen molar-refractivity contribution in [1.82, 2.24) is 0 Å². The standard InChI is InChI=1S/C13H8F2O2/c14-10-5-11(15)7-12(6-10)17-13-4-2-1-3-9(13)8-16/h1-8H. The maximum absolute atomic E-state index is 12.9. The molecule has 0 aliphatic rings. The van der Waals surface area contributed by atoms with E-state index in [0.717, 1.165) is 18.2 Å². The van der Waals surface area contributed by atoms with Crippen molar-refractivity contribution in [2.45, 2.75) is 0 Å². The zero-order valence-corrected chi connectivity index (χ0v) is 8.69. The van der Waals surface area contributed by atoms with Crippen LogP contribution in [0.3, 0.4) is 0 Å². The summed E-state index contributed by atoms with van der Waals surface area (Å²) in [4.78, 5) is 10.7. The summed E-state index contributed by atoms with van der Waals surface area (Å²) in [5.41, 5.74) is 0.317. The summed E-state index contributed by atoms with van der Waals surface area (Å²) in [6.07, 6.45) is 0.616. The normalized spacial score (nSPS) is 10.0. The zero-order chi connectivity index (χ0) is 12.3. The van der Waals surface area contributed by atoms with Crippen LogP contribution in [-0.2, 0) is 0 Å². The van der Waals surface area contributed by atoms with Crippen LogP contribution < -0.4 is 4.74 Å². The van der Waals surface area contributed by atoms with Crippen LogP contribution in [0.4, 0.5) is 8.78 Å². The van der Waals surface area contributed by atoms with Crippen LogP contribution in [0.2, 0.25) is 0 Å². The van der Waals surface area contributed by atoms with Crippen molar-refractivity contribution in [3.63, 3.8) is 0 Å². The van der Waals surface area contributed by atoms with E-state index in [4.69, 9.17) is 4.74 Å². The van der Waals surface area contributed by atoms with Gasteiger partial charge in [-0.15, -0.1) is 0 Å². The average molecular weight is 234 g/mol. The quantitative estimate of drug-likeness (QED) is 0.759. The molecule has 0 N–H and O–H groups in total. The number of para-hydroxylation sites is 1. The van der Waals surface area contributed by atoms with E-state index < -0.39 is 11.6 Å². The van der Waals surface area contributed by atoms with Crippen LogP contribution in [0.25, 0.3) is 0 Å². The SMILES string of the molecule is O=Cc1ccccc1Oc1cc(F)cc(F)c1.